The molecule has 7 heteroatoms. The zero-order valence-corrected chi connectivity index (χ0v) is 22.8. The Morgan fingerprint density at radius 2 is 1.79 bits per heavy atom. The molecule has 1 amide bonds. The molecular formula is C32H31ClFN3O2. The van der Waals surface area contributed by atoms with Gasteiger partial charge in [-0.2, -0.15) is 0 Å². The first-order valence-electron chi connectivity index (χ1n) is 13.7. The number of carbonyl (C=O) groups is 2. The molecule has 3 heterocycles. The van der Waals surface area contributed by atoms with Crippen molar-refractivity contribution in [1.29, 1.82) is 0 Å². The summed E-state index contributed by atoms with van der Waals surface area (Å²) in [5.74, 6) is -0.711. The number of allylic oxidation sites excluding steroid dienone is 1. The highest BCUT2D eigenvalue weighted by atomic mass is 35.5. The summed E-state index contributed by atoms with van der Waals surface area (Å²) < 4.78 is 15.0. The minimum Gasteiger partial charge on any atom is -0.358 e. The van der Waals surface area contributed by atoms with Crippen LogP contribution in [0.25, 0.3) is 22.8 Å². The van der Waals surface area contributed by atoms with Gasteiger partial charge in [0.2, 0.25) is 0 Å². The van der Waals surface area contributed by atoms with Crippen LogP contribution < -0.4 is 5.32 Å². The molecule has 2 aromatic carbocycles. The fraction of sp³-hybridized carbons (Fsp3) is 0.312. The van der Waals surface area contributed by atoms with Gasteiger partial charge < -0.3 is 15.2 Å². The summed E-state index contributed by atoms with van der Waals surface area (Å²) in [6, 6.07) is 10.3. The number of rotatable bonds is 5. The lowest BCUT2D eigenvalue weighted by atomic mass is 9.93. The first-order chi connectivity index (χ1) is 18.9. The predicted molar refractivity (Wildman–Crippen MR) is 155 cm³/mol. The largest absolute Gasteiger partial charge is 0.358 e. The number of ketones is 1. The van der Waals surface area contributed by atoms with Crippen molar-refractivity contribution in [3.8, 4) is 11.1 Å². The zero-order chi connectivity index (χ0) is 27.1. The van der Waals surface area contributed by atoms with Gasteiger partial charge in [0, 0.05) is 40.3 Å². The molecule has 0 radical (unpaired) electrons. The third kappa shape index (κ3) is 4.77. The first-order valence-corrected chi connectivity index (χ1v) is 14.1. The number of benzene rings is 2. The van der Waals surface area contributed by atoms with Crippen LogP contribution in [0, 0.1) is 12.7 Å². The maximum atomic E-state index is 15.0. The standard InChI is InChI=1S/C32H31ClFN3O2/c1-19-27(35-25-12-5-8-20(31(38)28(19)25)14-17-37-15-3-2-4-16-37)18-23-29-21(9-7-13-26(29)36-32(23)39)22-10-6-11-24(33)30(22)34/h6-11,13,18,35H,2-5,12,14-17H2,1H3,(H,36,39)/b23-18-. The highest BCUT2D eigenvalue weighted by Crippen LogP contribution is 2.42. The molecule has 1 aromatic heterocycles. The topological polar surface area (TPSA) is 65.2 Å². The number of piperidine rings is 1. The van der Waals surface area contributed by atoms with E-state index in [1.807, 2.05) is 6.92 Å². The van der Waals surface area contributed by atoms with Crippen LogP contribution >= 0.6 is 11.6 Å². The van der Waals surface area contributed by atoms with E-state index in [-0.39, 0.29) is 16.7 Å². The molecule has 6 rings (SSSR count). The monoisotopic (exact) mass is 543 g/mol. The molecule has 1 saturated heterocycles. The van der Waals surface area contributed by atoms with Gasteiger partial charge in [-0.1, -0.05) is 48.4 Å². The van der Waals surface area contributed by atoms with Crippen molar-refractivity contribution in [2.75, 3.05) is 25.0 Å². The van der Waals surface area contributed by atoms with Gasteiger partial charge in [0.15, 0.2) is 5.78 Å². The Morgan fingerprint density at radius 3 is 2.62 bits per heavy atom. The molecule has 3 aromatic rings. The second-order valence-electron chi connectivity index (χ2n) is 10.6. The van der Waals surface area contributed by atoms with Crippen molar-refractivity contribution in [2.24, 2.45) is 0 Å². The lowest BCUT2D eigenvalue weighted by Gasteiger charge is -2.26. The maximum absolute atomic E-state index is 15.0. The number of anilines is 1. The van der Waals surface area contributed by atoms with Gasteiger partial charge in [-0.15, -0.1) is 0 Å². The highest BCUT2D eigenvalue weighted by Gasteiger charge is 2.30. The van der Waals surface area contributed by atoms with E-state index in [0.29, 0.717) is 28.0 Å². The molecule has 2 N–H and O–H groups in total. The summed E-state index contributed by atoms with van der Waals surface area (Å²) in [6.45, 7) is 5.06. The van der Waals surface area contributed by atoms with Crippen molar-refractivity contribution < 1.29 is 14.0 Å². The molecule has 0 bridgehead atoms. The van der Waals surface area contributed by atoms with Gasteiger partial charge in [-0.25, -0.2) is 4.39 Å². The van der Waals surface area contributed by atoms with Crippen LogP contribution in [0.5, 0.6) is 0 Å². The van der Waals surface area contributed by atoms with Crippen LogP contribution in [0.3, 0.4) is 0 Å². The van der Waals surface area contributed by atoms with Gasteiger partial charge in [0.05, 0.1) is 10.6 Å². The van der Waals surface area contributed by atoms with Gasteiger partial charge >= 0.3 is 0 Å². The van der Waals surface area contributed by atoms with E-state index in [9.17, 15) is 9.59 Å². The normalized spacial score (nSPS) is 18.5. The van der Waals surface area contributed by atoms with E-state index in [0.717, 1.165) is 67.0 Å². The summed E-state index contributed by atoms with van der Waals surface area (Å²) in [5, 5.41) is 2.94. The highest BCUT2D eigenvalue weighted by molar-refractivity contribution is 6.36. The number of nitrogens with one attached hydrogen (secondary N) is 2. The summed E-state index contributed by atoms with van der Waals surface area (Å²) in [4.78, 5) is 32.7. The molecule has 0 spiro atoms. The molecule has 2 aliphatic heterocycles. The average molecular weight is 544 g/mol. The van der Waals surface area contributed by atoms with Crippen molar-refractivity contribution in [3.63, 3.8) is 0 Å². The van der Waals surface area contributed by atoms with Gasteiger partial charge in [0.1, 0.15) is 5.82 Å². The fourth-order valence-corrected chi connectivity index (χ4v) is 6.28. The number of hydrogen-bond acceptors (Lipinski definition) is 3. The number of likely N-dealkylation sites (tertiary alicyclic amines) is 1. The number of halogens is 2. The molecule has 200 valence electrons. The third-order valence-corrected chi connectivity index (χ3v) is 8.47. The molecule has 0 unspecified atom stereocenters. The van der Waals surface area contributed by atoms with E-state index in [4.69, 9.17) is 11.6 Å². The van der Waals surface area contributed by atoms with Crippen molar-refractivity contribution in [2.45, 2.75) is 45.4 Å². The molecular weight excluding hydrogens is 513 g/mol. The van der Waals surface area contributed by atoms with Crippen LogP contribution in [0.2, 0.25) is 5.02 Å². The SMILES string of the molecule is Cc1c(/C=C2\C(=O)Nc3cccc(-c4cccc(Cl)c4F)c32)[nH]c2c1C(=O)C(CCN1CCCCC1)=CCC2. The van der Waals surface area contributed by atoms with E-state index in [2.05, 4.69) is 21.3 Å². The number of fused-ring (bicyclic) bond motifs is 2. The molecule has 5 nitrogen and oxygen atoms in total. The number of aryl methyl sites for hydroxylation is 1. The van der Waals surface area contributed by atoms with Crippen molar-refractivity contribution in [3.05, 3.63) is 87.0 Å². The Balaban J connectivity index is 1.35. The van der Waals surface area contributed by atoms with Gasteiger partial charge in [-0.05, 0) is 87.0 Å². The summed E-state index contributed by atoms with van der Waals surface area (Å²) in [5.41, 5.74) is 6.65. The predicted octanol–water partition coefficient (Wildman–Crippen LogP) is 7.21. The Labute approximate surface area is 232 Å². The number of amides is 1. The van der Waals surface area contributed by atoms with Crippen LogP contribution in [0.15, 0.2) is 48.0 Å². The Bertz CT molecular complexity index is 1540. The lowest BCUT2D eigenvalue weighted by molar-refractivity contribution is -0.110. The number of hydrogen-bond donors (Lipinski definition) is 2. The third-order valence-electron chi connectivity index (χ3n) is 8.17. The zero-order valence-electron chi connectivity index (χ0n) is 22.0. The van der Waals surface area contributed by atoms with Gasteiger partial charge in [-0.3, -0.25) is 9.59 Å². The van der Waals surface area contributed by atoms with E-state index in [1.165, 1.54) is 25.3 Å². The van der Waals surface area contributed by atoms with Crippen LogP contribution in [0.1, 0.15) is 65.0 Å². The number of aromatic amines is 1. The van der Waals surface area contributed by atoms with E-state index >= 15 is 4.39 Å². The molecule has 0 atom stereocenters. The second kappa shape index (κ2) is 10.6. The molecule has 3 aliphatic rings. The second-order valence-corrected chi connectivity index (χ2v) is 11.0. The smallest absolute Gasteiger partial charge is 0.256 e. The lowest BCUT2D eigenvalue weighted by Crippen LogP contribution is -2.31. The van der Waals surface area contributed by atoms with Crippen molar-refractivity contribution in [1.82, 2.24) is 9.88 Å². The van der Waals surface area contributed by atoms with Crippen LogP contribution in [0.4, 0.5) is 10.1 Å². The first kappa shape index (κ1) is 25.8. The number of Topliss-reactive ketones (excluding diaryl/α,β-unsaturated/α-hetero) is 1. The minimum absolute atomic E-state index is 0.0273. The minimum atomic E-state index is -0.525. The fourth-order valence-electron chi connectivity index (χ4n) is 6.11. The number of H-pyrrole nitrogens is 1. The van der Waals surface area contributed by atoms with Gasteiger partial charge in [0.25, 0.3) is 5.91 Å². The summed E-state index contributed by atoms with van der Waals surface area (Å²) in [6.07, 6.45) is 9.93. The average Bonchev–Trinajstić information content (AvgIpc) is 3.37. The van der Waals surface area contributed by atoms with Crippen LogP contribution in [-0.2, 0) is 11.2 Å². The van der Waals surface area contributed by atoms with E-state index < -0.39 is 5.82 Å². The number of aromatic nitrogens is 1. The summed E-state index contributed by atoms with van der Waals surface area (Å²) in [7, 11) is 0. The summed E-state index contributed by atoms with van der Waals surface area (Å²) >= 11 is 6.08. The molecule has 0 saturated carbocycles. The molecule has 1 fully saturated rings. The molecule has 39 heavy (non-hydrogen) atoms. The Morgan fingerprint density at radius 1 is 1.03 bits per heavy atom. The van der Waals surface area contributed by atoms with E-state index in [1.54, 1.807) is 36.4 Å². The van der Waals surface area contributed by atoms with Crippen LogP contribution in [-0.4, -0.2) is 41.2 Å². The maximum Gasteiger partial charge on any atom is 0.256 e. The Kier molecular flexibility index (Phi) is 7.00. The quantitative estimate of drug-likeness (QED) is 0.334. The van der Waals surface area contributed by atoms with Crippen molar-refractivity contribution >= 4 is 40.6 Å². The Hall–Kier alpha value is -3.48. The number of nitrogens with zero attached hydrogens (tertiary/aromatic N) is 1. The number of carbonyl (C=O) groups excluding carboxylic acids is 2. The molecule has 1 aliphatic carbocycles.